The topological polar surface area (TPSA) is 81.7 Å². The van der Waals surface area contributed by atoms with Crippen LogP contribution in [0.4, 0.5) is 5.69 Å². The second-order valence-corrected chi connectivity index (χ2v) is 7.10. The van der Waals surface area contributed by atoms with Gasteiger partial charge in [0.25, 0.3) is 5.91 Å². The molecule has 2 aromatic carbocycles. The Labute approximate surface area is 167 Å². The van der Waals surface area contributed by atoms with Crippen molar-refractivity contribution in [2.75, 3.05) is 11.9 Å². The Balaban J connectivity index is 1.56. The average molecular weight is 402 g/mol. The third-order valence-electron chi connectivity index (χ3n) is 4.48. The number of nitrogens with one attached hydrogen (secondary N) is 1. The number of rotatable bonds is 5. The van der Waals surface area contributed by atoms with E-state index in [1.807, 2.05) is 0 Å². The van der Waals surface area contributed by atoms with Gasteiger partial charge in [-0.05, 0) is 68.3 Å². The molecular formula is C21H20ClNO5. The van der Waals surface area contributed by atoms with E-state index >= 15 is 0 Å². The Bertz CT molecular complexity index is 910. The van der Waals surface area contributed by atoms with Crippen LogP contribution in [0.1, 0.15) is 29.8 Å². The molecule has 2 aromatic rings. The predicted molar refractivity (Wildman–Crippen MR) is 105 cm³/mol. The summed E-state index contributed by atoms with van der Waals surface area (Å²) in [6, 6.07) is 11.8. The van der Waals surface area contributed by atoms with Gasteiger partial charge in [-0.25, -0.2) is 0 Å². The van der Waals surface area contributed by atoms with Gasteiger partial charge in [-0.3, -0.25) is 14.4 Å². The third-order valence-corrected chi connectivity index (χ3v) is 4.72. The van der Waals surface area contributed by atoms with E-state index in [0.717, 1.165) is 5.56 Å². The van der Waals surface area contributed by atoms with Crippen molar-refractivity contribution in [3.05, 3.63) is 58.6 Å². The van der Waals surface area contributed by atoms with Gasteiger partial charge in [0.05, 0.1) is 5.92 Å². The van der Waals surface area contributed by atoms with Gasteiger partial charge in [-0.2, -0.15) is 0 Å². The molecule has 0 unspecified atom stereocenters. The molecule has 6 nitrogen and oxygen atoms in total. The number of ether oxygens (including phenoxy) is 2. The van der Waals surface area contributed by atoms with Crippen molar-refractivity contribution in [1.82, 2.24) is 0 Å². The fourth-order valence-electron chi connectivity index (χ4n) is 2.87. The molecule has 0 fully saturated rings. The minimum atomic E-state index is -0.972. The van der Waals surface area contributed by atoms with Gasteiger partial charge in [-0.15, -0.1) is 0 Å². The summed E-state index contributed by atoms with van der Waals surface area (Å²) in [6.45, 7) is 3.16. The SMILES string of the molecule is CC(=O)c1ccc(NC(=O)[C@H](C)OC(=O)[C@H]2COc3ccc(Cl)cc3C2)cc1. The lowest BCUT2D eigenvalue weighted by molar-refractivity contribution is -0.158. The third kappa shape index (κ3) is 4.70. The van der Waals surface area contributed by atoms with Crippen LogP contribution in [0, 0.1) is 5.92 Å². The number of esters is 1. The number of ketones is 1. The van der Waals surface area contributed by atoms with Crippen LogP contribution in [0.3, 0.4) is 0 Å². The standard InChI is InChI=1S/C21H20ClNO5/c1-12(24)14-3-6-18(7-4-14)23-20(25)13(2)28-21(26)16-9-15-10-17(22)5-8-19(15)27-11-16/h3-8,10,13,16H,9,11H2,1-2H3,(H,23,25)/t13-,16+/m0/s1. The summed E-state index contributed by atoms with van der Waals surface area (Å²) >= 11 is 5.99. The summed E-state index contributed by atoms with van der Waals surface area (Å²) in [5.74, 6) is -0.814. The van der Waals surface area contributed by atoms with Gasteiger partial charge in [0, 0.05) is 16.3 Å². The second-order valence-electron chi connectivity index (χ2n) is 6.67. The number of halogens is 1. The molecule has 7 heteroatoms. The highest BCUT2D eigenvalue weighted by atomic mass is 35.5. The maximum atomic E-state index is 12.4. The van der Waals surface area contributed by atoms with Gasteiger partial charge in [-0.1, -0.05) is 11.6 Å². The van der Waals surface area contributed by atoms with Crippen molar-refractivity contribution in [3.63, 3.8) is 0 Å². The van der Waals surface area contributed by atoms with E-state index in [2.05, 4.69) is 5.32 Å². The van der Waals surface area contributed by atoms with Crippen molar-refractivity contribution < 1.29 is 23.9 Å². The van der Waals surface area contributed by atoms with Crippen LogP contribution in [-0.2, 0) is 20.7 Å². The zero-order valence-corrected chi connectivity index (χ0v) is 16.3. The fourth-order valence-corrected chi connectivity index (χ4v) is 3.07. The first-order valence-corrected chi connectivity index (χ1v) is 9.25. The molecule has 3 rings (SSSR count). The molecule has 1 aliphatic heterocycles. The van der Waals surface area contributed by atoms with Gasteiger partial charge in [0.1, 0.15) is 12.4 Å². The number of fused-ring (bicyclic) bond motifs is 1. The Morgan fingerprint density at radius 2 is 1.89 bits per heavy atom. The largest absolute Gasteiger partial charge is 0.492 e. The van der Waals surface area contributed by atoms with Crippen molar-refractivity contribution in [2.24, 2.45) is 5.92 Å². The van der Waals surface area contributed by atoms with Crippen LogP contribution in [0.25, 0.3) is 0 Å². The molecule has 2 atom stereocenters. The highest BCUT2D eigenvalue weighted by Gasteiger charge is 2.30. The average Bonchev–Trinajstić information content (AvgIpc) is 2.67. The number of Topliss-reactive ketones (excluding diaryl/α,β-unsaturated/α-hetero) is 1. The summed E-state index contributed by atoms with van der Waals surface area (Å²) in [4.78, 5) is 36.0. The van der Waals surface area contributed by atoms with Crippen molar-refractivity contribution in [1.29, 1.82) is 0 Å². The number of carbonyl (C=O) groups is 3. The number of anilines is 1. The molecular weight excluding hydrogens is 382 g/mol. The van der Waals surface area contributed by atoms with Crippen LogP contribution < -0.4 is 10.1 Å². The summed E-state index contributed by atoms with van der Waals surface area (Å²) in [7, 11) is 0. The van der Waals surface area contributed by atoms with Gasteiger partial charge in [0.2, 0.25) is 0 Å². The molecule has 0 aliphatic carbocycles. The summed E-state index contributed by atoms with van der Waals surface area (Å²) < 4.78 is 10.9. The minimum Gasteiger partial charge on any atom is -0.492 e. The lowest BCUT2D eigenvalue weighted by Gasteiger charge is -2.25. The minimum absolute atomic E-state index is 0.0577. The number of benzene rings is 2. The summed E-state index contributed by atoms with van der Waals surface area (Å²) in [6.07, 6.45) is -0.531. The first kappa shape index (κ1) is 19.9. The summed E-state index contributed by atoms with van der Waals surface area (Å²) in [5, 5.41) is 3.23. The van der Waals surface area contributed by atoms with Crippen molar-refractivity contribution in [3.8, 4) is 5.75 Å². The van der Waals surface area contributed by atoms with Crippen LogP contribution in [0.5, 0.6) is 5.75 Å². The normalized spacial score (nSPS) is 16.3. The molecule has 0 spiro atoms. The molecule has 1 aliphatic rings. The highest BCUT2D eigenvalue weighted by Crippen LogP contribution is 2.30. The van der Waals surface area contributed by atoms with Crippen molar-refractivity contribution >= 4 is 34.9 Å². The number of carbonyl (C=O) groups excluding carboxylic acids is 3. The van der Waals surface area contributed by atoms with Crippen LogP contribution in [0.2, 0.25) is 5.02 Å². The van der Waals surface area contributed by atoms with Gasteiger partial charge < -0.3 is 14.8 Å². The molecule has 0 saturated heterocycles. The maximum absolute atomic E-state index is 12.4. The predicted octanol–water partition coefficient (Wildman–Crippen LogP) is 3.66. The zero-order valence-electron chi connectivity index (χ0n) is 15.5. The molecule has 146 valence electrons. The molecule has 28 heavy (non-hydrogen) atoms. The van der Waals surface area contributed by atoms with E-state index in [1.165, 1.54) is 13.8 Å². The summed E-state index contributed by atoms with van der Waals surface area (Å²) in [5.41, 5.74) is 1.90. The van der Waals surface area contributed by atoms with Gasteiger partial charge in [0.15, 0.2) is 11.9 Å². The Kier molecular flexibility index (Phi) is 5.99. The number of hydrogen-bond donors (Lipinski definition) is 1. The highest BCUT2D eigenvalue weighted by molar-refractivity contribution is 6.30. The Morgan fingerprint density at radius 1 is 1.18 bits per heavy atom. The molecule has 0 aromatic heterocycles. The molecule has 1 N–H and O–H groups in total. The molecule has 0 saturated carbocycles. The molecule has 0 radical (unpaired) electrons. The first-order chi connectivity index (χ1) is 13.3. The van der Waals surface area contributed by atoms with Crippen LogP contribution in [0.15, 0.2) is 42.5 Å². The van der Waals surface area contributed by atoms with E-state index in [0.29, 0.717) is 28.4 Å². The lowest BCUT2D eigenvalue weighted by Crippen LogP contribution is -2.36. The fraction of sp³-hybridized carbons (Fsp3) is 0.286. The molecule has 1 heterocycles. The van der Waals surface area contributed by atoms with Crippen molar-refractivity contribution in [2.45, 2.75) is 26.4 Å². The second kappa shape index (κ2) is 8.44. The van der Waals surface area contributed by atoms with Crippen LogP contribution >= 0.6 is 11.6 Å². The van der Waals surface area contributed by atoms with E-state index in [1.54, 1.807) is 42.5 Å². The molecule has 0 bridgehead atoms. The monoisotopic (exact) mass is 401 g/mol. The zero-order chi connectivity index (χ0) is 20.3. The smallest absolute Gasteiger partial charge is 0.313 e. The molecule has 1 amide bonds. The number of amides is 1. The maximum Gasteiger partial charge on any atom is 0.313 e. The van der Waals surface area contributed by atoms with E-state index in [-0.39, 0.29) is 12.4 Å². The number of hydrogen-bond acceptors (Lipinski definition) is 5. The van der Waals surface area contributed by atoms with E-state index in [4.69, 9.17) is 21.1 Å². The van der Waals surface area contributed by atoms with E-state index in [9.17, 15) is 14.4 Å². The first-order valence-electron chi connectivity index (χ1n) is 8.87. The Hall–Kier alpha value is -2.86. The van der Waals surface area contributed by atoms with Crippen LogP contribution in [-0.4, -0.2) is 30.4 Å². The van der Waals surface area contributed by atoms with E-state index < -0.39 is 23.9 Å². The lowest BCUT2D eigenvalue weighted by atomic mass is 9.97. The quantitative estimate of drug-likeness (QED) is 0.610. The Morgan fingerprint density at radius 3 is 2.57 bits per heavy atom. The van der Waals surface area contributed by atoms with Gasteiger partial charge >= 0.3 is 5.97 Å².